The number of carbonyl (C=O) groups excluding carboxylic acids is 4. The van der Waals surface area contributed by atoms with Crippen LogP contribution in [0, 0.1) is 18.2 Å². The first kappa shape index (κ1) is 53.0. The number of imidazole rings is 1. The SMILES string of the molecule is Cc1ncsc1-c1ccc(CNC(=O)[C@@H]2C[C@@H](O)CN2C(=O)[C@@H](NC(=O)CCOCCCCCC(=O)N2CCN(c3cccc(-c4cnc5ccc(N6CCC[C@@H]6c6cccc(F)c6)nn45)n3)CC2)C(C)(C)C)cc1. The van der Waals surface area contributed by atoms with Crippen LogP contribution in [0.25, 0.3) is 27.5 Å². The van der Waals surface area contributed by atoms with Crippen molar-refractivity contribution in [3.63, 3.8) is 0 Å². The minimum atomic E-state index is -0.927. The number of fused-ring (bicyclic) bond motifs is 1. The van der Waals surface area contributed by atoms with Gasteiger partial charge >= 0.3 is 0 Å². The Bertz CT molecular complexity index is 2950. The van der Waals surface area contributed by atoms with Crippen molar-refractivity contribution in [2.45, 2.75) is 110 Å². The van der Waals surface area contributed by atoms with Crippen LogP contribution in [0.2, 0.25) is 0 Å². The van der Waals surface area contributed by atoms with Crippen LogP contribution < -0.4 is 20.4 Å². The second-order valence-electron chi connectivity index (χ2n) is 20.9. The fraction of sp³-hybridized carbons (Fsp3) is 0.464. The van der Waals surface area contributed by atoms with Gasteiger partial charge in [0.05, 0.1) is 46.7 Å². The number of unbranched alkanes of at least 4 members (excludes halogenated alkanes) is 2. The van der Waals surface area contributed by atoms with E-state index in [0.717, 1.165) is 88.9 Å². The van der Waals surface area contributed by atoms with Gasteiger partial charge in [-0.15, -0.1) is 16.4 Å². The van der Waals surface area contributed by atoms with Crippen molar-refractivity contribution >= 4 is 52.2 Å². The van der Waals surface area contributed by atoms with Crippen molar-refractivity contribution in [2.24, 2.45) is 5.41 Å². The van der Waals surface area contributed by atoms with Gasteiger partial charge in [-0.25, -0.2) is 23.9 Å². The zero-order valence-corrected chi connectivity index (χ0v) is 44.1. The molecule has 3 fully saturated rings. The maximum Gasteiger partial charge on any atom is 0.246 e. The van der Waals surface area contributed by atoms with E-state index >= 15 is 0 Å². The molecule has 7 heterocycles. The summed E-state index contributed by atoms with van der Waals surface area (Å²) in [6.45, 7) is 11.7. The number of anilines is 2. The van der Waals surface area contributed by atoms with E-state index in [0.29, 0.717) is 44.9 Å². The van der Waals surface area contributed by atoms with Gasteiger partial charge in [0.15, 0.2) is 5.65 Å². The Morgan fingerprint density at radius 1 is 0.893 bits per heavy atom. The van der Waals surface area contributed by atoms with Gasteiger partial charge in [-0.3, -0.25) is 19.2 Å². The monoisotopic (exact) mass is 1040 g/mol. The molecule has 0 bridgehead atoms. The molecule has 0 aliphatic carbocycles. The summed E-state index contributed by atoms with van der Waals surface area (Å²) in [7, 11) is 0. The number of aliphatic hydroxyl groups excluding tert-OH is 1. The molecule has 0 spiro atoms. The van der Waals surface area contributed by atoms with Crippen molar-refractivity contribution in [1.82, 2.24) is 45.0 Å². The predicted molar refractivity (Wildman–Crippen MR) is 286 cm³/mol. The number of pyridine rings is 1. The Hall–Kier alpha value is -6.83. The molecule has 17 nitrogen and oxygen atoms in total. The zero-order valence-electron chi connectivity index (χ0n) is 43.3. The van der Waals surface area contributed by atoms with Crippen LogP contribution in [0.5, 0.6) is 0 Å². The van der Waals surface area contributed by atoms with E-state index in [2.05, 4.69) is 30.4 Å². The number of β-amino-alcohol motifs (C(OH)–C–C–N with tert-alkyl or cyclic N) is 1. The molecule has 3 saturated heterocycles. The number of piperazine rings is 1. The van der Waals surface area contributed by atoms with Crippen LogP contribution in [0.1, 0.15) is 95.0 Å². The summed E-state index contributed by atoms with van der Waals surface area (Å²) >= 11 is 1.57. The Kier molecular flexibility index (Phi) is 16.8. The number of rotatable bonds is 19. The summed E-state index contributed by atoms with van der Waals surface area (Å²) in [5.41, 5.74) is 7.22. The highest BCUT2D eigenvalue weighted by Gasteiger charge is 2.44. The number of aryl methyl sites for hydroxylation is 1. The lowest BCUT2D eigenvalue weighted by Gasteiger charge is -2.35. The average Bonchev–Trinajstić information content (AvgIpc) is 4.25. The highest BCUT2D eigenvalue weighted by atomic mass is 32.1. The van der Waals surface area contributed by atoms with Crippen LogP contribution in [0.15, 0.2) is 90.6 Å². The first-order valence-electron chi connectivity index (χ1n) is 26.2. The molecule has 396 valence electrons. The van der Waals surface area contributed by atoms with Crippen molar-refractivity contribution in [2.75, 3.05) is 62.3 Å². The van der Waals surface area contributed by atoms with Gasteiger partial charge in [-0.1, -0.05) is 69.7 Å². The molecule has 4 amide bonds. The van der Waals surface area contributed by atoms with Crippen LogP contribution >= 0.6 is 11.3 Å². The van der Waals surface area contributed by atoms with Gasteiger partial charge in [0.2, 0.25) is 23.6 Å². The average molecular weight is 1040 g/mol. The number of amides is 4. The molecule has 9 rings (SSSR count). The van der Waals surface area contributed by atoms with Crippen LogP contribution in [-0.2, 0) is 30.5 Å². The van der Waals surface area contributed by atoms with E-state index in [1.54, 1.807) is 29.7 Å². The summed E-state index contributed by atoms with van der Waals surface area (Å²) in [5.74, 6) is 0.395. The molecule has 3 aliphatic rings. The normalized spacial score (nSPS) is 18.5. The predicted octanol–water partition coefficient (Wildman–Crippen LogP) is 7.13. The number of hydrogen-bond acceptors (Lipinski definition) is 13. The first-order chi connectivity index (χ1) is 36.2. The Morgan fingerprint density at radius 3 is 2.45 bits per heavy atom. The van der Waals surface area contributed by atoms with Gasteiger partial charge in [0.25, 0.3) is 0 Å². The van der Waals surface area contributed by atoms with E-state index in [1.807, 2.05) is 103 Å². The third-order valence-electron chi connectivity index (χ3n) is 14.4. The molecule has 19 heteroatoms. The Morgan fingerprint density at radius 2 is 1.69 bits per heavy atom. The van der Waals surface area contributed by atoms with E-state index in [1.165, 1.54) is 11.0 Å². The summed E-state index contributed by atoms with van der Waals surface area (Å²) in [5, 5.41) is 21.5. The number of thiazole rings is 1. The quantitative estimate of drug-likeness (QED) is 0.0698. The minimum absolute atomic E-state index is 0.00394. The molecule has 2 aromatic carbocycles. The lowest BCUT2D eigenvalue weighted by molar-refractivity contribution is -0.144. The lowest BCUT2D eigenvalue weighted by Crippen LogP contribution is -2.57. The number of benzene rings is 2. The molecular formula is C56H68FN11O6S. The van der Waals surface area contributed by atoms with Crippen molar-refractivity contribution < 1.29 is 33.4 Å². The third-order valence-corrected chi connectivity index (χ3v) is 15.4. The molecule has 3 aliphatic heterocycles. The summed E-state index contributed by atoms with van der Waals surface area (Å²) in [6.07, 6.45) is 5.71. The zero-order chi connectivity index (χ0) is 52.6. The standard InChI is InChI=1S/C56H68FN11O6S/c1-37-52(75-36-60-37)39-19-17-38(18-20-39)33-59-54(72)45-32-42(69)35-67(45)55(73)53(56(2,3)4)62-50(70)23-30-74-29-7-5-6-16-51(71)65-27-25-64(26-28-65)48-15-9-13-43(61-48)46-34-58-47-21-22-49(63-68(46)47)66-24-10-14-44(66)40-11-8-12-41(57)31-40/h8-9,11-13,15,17-22,31,34,36,42,44-45,53,69H,5-7,10,14,16,23-30,32-33,35H2,1-4H3,(H,59,72)(H,62,70)/t42-,44-,45+,53-/m1/s1. The smallest absolute Gasteiger partial charge is 0.246 e. The van der Waals surface area contributed by atoms with E-state index in [-0.39, 0.29) is 62.1 Å². The Balaban J connectivity index is 0.672. The van der Waals surface area contributed by atoms with Crippen LogP contribution in [-0.4, -0.2) is 134 Å². The molecular weight excluding hydrogens is 974 g/mol. The Labute approximate surface area is 441 Å². The number of halogens is 1. The molecule has 6 aromatic rings. The number of nitrogens with one attached hydrogen (secondary N) is 2. The number of hydrogen-bond donors (Lipinski definition) is 3. The molecule has 3 N–H and O–H groups in total. The van der Waals surface area contributed by atoms with Crippen LogP contribution in [0.4, 0.5) is 16.0 Å². The molecule has 75 heavy (non-hydrogen) atoms. The molecule has 0 radical (unpaired) electrons. The van der Waals surface area contributed by atoms with Gasteiger partial charge in [0.1, 0.15) is 35.2 Å². The van der Waals surface area contributed by atoms with Gasteiger partial charge in [-0.2, -0.15) is 0 Å². The van der Waals surface area contributed by atoms with Crippen molar-refractivity contribution in [3.8, 4) is 21.8 Å². The highest BCUT2D eigenvalue weighted by Crippen LogP contribution is 2.36. The number of nitrogens with zero attached hydrogens (tertiary/aromatic N) is 9. The first-order valence-corrected chi connectivity index (χ1v) is 27.1. The minimum Gasteiger partial charge on any atom is -0.391 e. The second-order valence-corrected chi connectivity index (χ2v) is 21.7. The molecule has 4 aromatic heterocycles. The van der Waals surface area contributed by atoms with Gasteiger partial charge in [0, 0.05) is 71.7 Å². The number of aliphatic hydroxyl groups is 1. The molecule has 0 saturated carbocycles. The summed E-state index contributed by atoms with van der Waals surface area (Å²) in [4.78, 5) is 76.7. The fourth-order valence-corrected chi connectivity index (χ4v) is 11.1. The number of carbonyl (C=O) groups is 4. The van der Waals surface area contributed by atoms with Crippen LogP contribution in [0.3, 0.4) is 0 Å². The maximum atomic E-state index is 14.1. The second kappa shape index (κ2) is 23.8. The highest BCUT2D eigenvalue weighted by molar-refractivity contribution is 7.13. The van der Waals surface area contributed by atoms with E-state index < -0.39 is 29.5 Å². The molecule has 0 unspecified atom stereocenters. The van der Waals surface area contributed by atoms with Gasteiger partial charge in [-0.05, 0) is 91.1 Å². The van der Waals surface area contributed by atoms with Gasteiger partial charge < -0.3 is 40.1 Å². The van der Waals surface area contributed by atoms with E-state index in [4.69, 9.17) is 14.8 Å². The fourth-order valence-electron chi connectivity index (χ4n) is 10.3. The summed E-state index contributed by atoms with van der Waals surface area (Å²) in [6, 6.07) is 22.8. The topological polar surface area (TPSA) is 191 Å². The summed E-state index contributed by atoms with van der Waals surface area (Å²) < 4.78 is 21.8. The third kappa shape index (κ3) is 12.8. The molecule has 4 atom stereocenters. The van der Waals surface area contributed by atoms with Crippen molar-refractivity contribution in [1.29, 1.82) is 0 Å². The number of likely N-dealkylation sites (tertiary alicyclic amines) is 1. The largest absolute Gasteiger partial charge is 0.391 e. The number of ether oxygens (including phenoxy) is 1. The maximum absolute atomic E-state index is 14.1. The van der Waals surface area contributed by atoms with E-state index in [9.17, 15) is 28.7 Å². The van der Waals surface area contributed by atoms with Crippen molar-refractivity contribution in [3.05, 3.63) is 113 Å². The number of aromatic nitrogens is 5. The lowest BCUT2D eigenvalue weighted by atomic mass is 9.85.